The SMILES string of the molecule is CCOc1cc2c(cc1O)CCC1C2CC[C@@]2(C)C1CCC2[C@H](C)CO. The van der Waals surface area contributed by atoms with Crippen LogP contribution >= 0.6 is 0 Å². The molecular weight excluding hydrogens is 324 g/mol. The molecule has 0 amide bonds. The quantitative estimate of drug-likeness (QED) is 0.805. The molecule has 0 radical (unpaired) electrons. The van der Waals surface area contributed by atoms with Gasteiger partial charge in [-0.25, -0.2) is 0 Å². The van der Waals surface area contributed by atoms with Gasteiger partial charge >= 0.3 is 0 Å². The van der Waals surface area contributed by atoms with Crippen LogP contribution in [0.5, 0.6) is 11.5 Å². The van der Waals surface area contributed by atoms with Crippen molar-refractivity contribution in [1.29, 1.82) is 0 Å². The molecule has 0 heterocycles. The zero-order chi connectivity index (χ0) is 18.5. The van der Waals surface area contributed by atoms with Gasteiger partial charge in [0.05, 0.1) is 6.61 Å². The second-order valence-electron chi connectivity index (χ2n) is 9.26. The Balaban J connectivity index is 1.65. The lowest BCUT2D eigenvalue weighted by molar-refractivity contribution is 0.00152. The van der Waals surface area contributed by atoms with Gasteiger partial charge in [-0.1, -0.05) is 13.8 Å². The van der Waals surface area contributed by atoms with E-state index in [1.807, 2.05) is 13.0 Å². The minimum atomic E-state index is 0.294. The second kappa shape index (κ2) is 6.74. The average Bonchev–Trinajstić information content (AvgIpc) is 2.99. The van der Waals surface area contributed by atoms with Crippen molar-refractivity contribution in [2.45, 2.75) is 65.2 Å². The predicted molar refractivity (Wildman–Crippen MR) is 104 cm³/mol. The summed E-state index contributed by atoms with van der Waals surface area (Å²) in [6, 6.07) is 4.09. The Hall–Kier alpha value is -1.22. The zero-order valence-electron chi connectivity index (χ0n) is 16.5. The van der Waals surface area contributed by atoms with Crippen molar-refractivity contribution >= 4 is 0 Å². The first kappa shape index (κ1) is 18.2. The molecule has 0 bridgehead atoms. The molecule has 2 fully saturated rings. The Bertz CT molecular complexity index is 670. The van der Waals surface area contributed by atoms with Crippen LogP contribution in [0.3, 0.4) is 0 Å². The number of benzene rings is 1. The summed E-state index contributed by atoms with van der Waals surface area (Å²) in [5.74, 6) is 4.16. The van der Waals surface area contributed by atoms with Crippen molar-refractivity contribution < 1.29 is 14.9 Å². The molecule has 0 spiro atoms. The fourth-order valence-corrected chi connectivity index (χ4v) is 6.96. The fraction of sp³-hybridized carbons (Fsp3) is 0.739. The highest BCUT2D eigenvalue weighted by molar-refractivity contribution is 5.49. The van der Waals surface area contributed by atoms with E-state index in [1.165, 1.54) is 43.2 Å². The number of aliphatic hydroxyl groups is 1. The van der Waals surface area contributed by atoms with Gasteiger partial charge in [0.25, 0.3) is 0 Å². The summed E-state index contributed by atoms with van der Waals surface area (Å²) in [5, 5.41) is 20.0. The summed E-state index contributed by atoms with van der Waals surface area (Å²) in [5.41, 5.74) is 3.15. The molecule has 3 aliphatic carbocycles. The number of hydrogen-bond acceptors (Lipinski definition) is 3. The molecule has 3 nitrogen and oxygen atoms in total. The van der Waals surface area contributed by atoms with E-state index in [0.29, 0.717) is 47.9 Å². The Kier molecular flexibility index (Phi) is 4.71. The Morgan fingerprint density at radius 2 is 2.04 bits per heavy atom. The molecular formula is C23H34O3. The van der Waals surface area contributed by atoms with Crippen LogP contribution in [0.25, 0.3) is 0 Å². The number of phenolic OH excluding ortho intramolecular Hbond substituents is 1. The van der Waals surface area contributed by atoms with Crippen LogP contribution in [0.4, 0.5) is 0 Å². The molecule has 144 valence electrons. The highest BCUT2D eigenvalue weighted by Gasteiger charge is 2.55. The van der Waals surface area contributed by atoms with Crippen molar-refractivity contribution in [1.82, 2.24) is 0 Å². The van der Waals surface area contributed by atoms with Gasteiger partial charge in [0, 0.05) is 6.61 Å². The molecule has 0 saturated heterocycles. The molecule has 3 heteroatoms. The number of hydrogen-bond donors (Lipinski definition) is 2. The number of aryl methyl sites for hydroxylation is 1. The third-order valence-electron chi connectivity index (χ3n) is 8.15. The van der Waals surface area contributed by atoms with Gasteiger partial charge in [-0.15, -0.1) is 0 Å². The zero-order valence-corrected chi connectivity index (χ0v) is 16.5. The first-order valence-electron chi connectivity index (χ1n) is 10.6. The van der Waals surface area contributed by atoms with Crippen molar-refractivity contribution in [2.75, 3.05) is 13.2 Å². The maximum absolute atomic E-state index is 10.3. The molecule has 2 N–H and O–H groups in total. The van der Waals surface area contributed by atoms with Crippen molar-refractivity contribution in [2.24, 2.45) is 29.1 Å². The van der Waals surface area contributed by atoms with Gasteiger partial charge in [-0.2, -0.15) is 0 Å². The lowest BCUT2D eigenvalue weighted by Gasteiger charge is -2.52. The predicted octanol–water partition coefficient (Wildman–Crippen LogP) is 4.89. The van der Waals surface area contributed by atoms with E-state index < -0.39 is 0 Å². The van der Waals surface area contributed by atoms with E-state index in [9.17, 15) is 10.2 Å². The van der Waals surface area contributed by atoms with E-state index in [1.54, 1.807) is 0 Å². The first-order chi connectivity index (χ1) is 12.5. The van der Waals surface area contributed by atoms with Crippen LogP contribution in [0.1, 0.15) is 69.9 Å². The highest BCUT2D eigenvalue weighted by Crippen LogP contribution is 2.64. The van der Waals surface area contributed by atoms with E-state index in [-0.39, 0.29) is 0 Å². The molecule has 2 saturated carbocycles. The number of phenols is 1. The summed E-state index contributed by atoms with van der Waals surface area (Å²) in [7, 11) is 0. The Labute approximate surface area is 157 Å². The molecule has 4 rings (SSSR count). The van der Waals surface area contributed by atoms with E-state index in [2.05, 4.69) is 19.9 Å². The summed E-state index contributed by atoms with van der Waals surface area (Å²) >= 11 is 0. The van der Waals surface area contributed by atoms with E-state index in [0.717, 1.165) is 18.3 Å². The number of aliphatic hydroxyl groups excluding tert-OH is 1. The van der Waals surface area contributed by atoms with Gasteiger partial charge in [-0.3, -0.25) is 0 Å². The monoisotopic (exact) mass is 358 g/mol. The largest absolute Gasteiger partial charge is 0.504 e. The van der Waals surface area contributed by atoms with Crippen LogP contribution in [0.2, 0.25) is 0 Å². The van der Waals surface area contributed by atoms with Crippen molar-refractivity contribution in [3.05, 3.63) is 23.3 Å². The molecule has 0 aromatic heterocycles. The maximum Gasteiger partial charge on any atom is 0.161 e. The third-order valence-corrected chi connectivity index (χ3v) is 8.15. The van der Waals surface area contributed by atoms with Gasteiger partial charge < -0.3 is 14.9 Å². The number of rotatable bonds is 4. The lowest BCUT2D eigenvalue weighted by atomic mass is 9.53. The van der Waals surface area contributed by atoms with Crippen LogP contribution in [-0.4, -0.2) is 23.4 Å². The minimum Gasteiger partial charge on any atom is -0.504 e. The summed E-state index contributed by atoms with van der Waals surface area (Å²) in [6.07, 6.45) is 7.40. The fourth-order valence-electron chi connectivity index (χ4n) is 6.96. The minimum absolute atomic E-state index is 0.294. The van der Waals surface area contributed by atoms with E-state index >= 15 is 0 Å². The van der Waals surface area contributed by atoms with Gasteiger partial charge in [0.2, 0.25) is 0 Å². The molecule has 6 atom stereocenters. The number of aromatic hydroxyl groups is 1. The van der Waals surface area contributed by atoms with E-state index in [4.69, 9.17) is 4.74 Å². The average molecular weight is 359 g/mol. The number of ether oxygens (including phenoxy) is 1. The topological polar surface area (TPSA) is 49.7 Å². The Morgan fingerprint density at radius 1 is 1.23 bits per heavy atom. The second-order valence-corrected chi connectivity index (χ2v) is 9.26. The maximum atomic E-state index is 10.3. The smallest absolute Gasteiger partial charge is 0.161 e. The van der Waals surface area contributed by atoms with Crippen molar-refractivity contribution in [3.63, 3.8) is 0 Å². The third kappa shape index (κ3) is 2.66. The summed E-state index contributed by atoms with van der Waals surface area (Å²) in [6.45, 7) is 7.62. The molecule has 0 aliphatic heterocycles. The molecule has 4 unspecified atom stereocenters. The van der Waals surface area contributed by atoms with Gasteiger partial charge in [-0.05, 0) is 104 Å². The van der Waals surface area contributed by atoms with Crippen molar-refractivity contribution in [3.8, 4) is 11.5 Å². The van der Waals surface area contributed by atoms with Gasteiger partial charge in [0.15, 0.2) is 11.5 Å². The van der Waals surface area contributed by atoms with Crippen LogP contribution in [0, 0.1) is 29.1 Å². The number of fused-ring (bicyclic) bond motifs is 5. The molecule has 3 aliphatic rings. The first-order valence-corrected chi connectivity index (χ1v) is 10.6. The normalized spacial score (nSPS) is 36.8. The lowest BCUT2D eigenvalue weighted by Crippen LogP contribution is -2.43. The van der Waals surface area contributed by atoms with Crippen LogP contribution < -0.4 is 4.74 Å². The molecule has 1 aromatic rings. The molecule has 26 heavy (non-hydrogen) atoms. The standard InChI is InChI=1S/C23H34O3/c1-4-26-22-12-18-15(11-21(22)25)5-6-17-16(18)9-10-23(3)19(14(2)13-24)7-8-20(17)23/h11-12,14,16-17,19-20,24-25H,4-10,13H2,1-3H3/t14-,16?,17?,19?,20?,23-/m1/s1. The van der Waals surface area contributed by atoms with Crippen LogP contribution in [0.15, 0.2) is 12.1 Å². The highest BCUT2D eigenvalue weighted by atomic mass is 16.5. The van der Waals surface area contributed by atoms with Crippen LogP contribution in [-0.2, 0) is 6.42 Å². The molecule has 1 aromatic carbocycles. The Morgan fingerprint density at radius 3 is 2.77 bits per heavy atom. The summed E-state index contributed by atoms with van der Waals surface area (Å²) in [4.78, 5) is 0. The summed E-state index contributed by atoms with van der Waals surface area (Å²) < 4.78 is 5.67. The van der Waals surface area contributed by atoms with Gasteiger partial charge in [0.1, 0.15) is 0 Å².